The van der Waals surface area contributed by atoms with E-state index in [1.807, 2.05) is 26.0 Å². The minimum atomic E-state index is 0.193. The maximum absolute atomic E-state index is 5.69. The Bertz CT molecular complexity index is 427. The molecule has 1 rings (SSSR count). The number of rotatable bonds is 6. The van der Waals surface area contributed by atoms with Crippen LogP contribution >= 0.6 is 0 Å². The second-order valence-corrected chi connectivity index (χ2v) is 5.51. The van der Waals surface area contributed by atoms with Gasteiger partial charge in [-0.05, 0) is 37.5 Å². The van der Waals surface area contributed by atoms with E-state index in [0.29, 0.717) is 5.92 Å². The van der Waals surface area contributed by atoms with Gasteiger partial charge in [0.05, 0.1) is 6.10 Å². The van der Waals surface area contributed by atoms with Crippen molar-refractivity contribution in [1.29, 1.82) is 0 Å². The highest BCUT2D eigenvalue weighted by Gasteiger charge is 2.02. The van der Waals surface area contributed by atoms with Crippen LogP contribution in [-0.4, -0.2) is 25.7 Å². The number of guanidine groups is 1. The number of aliphatic imine (C=N–C) groups is 1. The molecule has 0 bridgehead atoms. The van der Waals surface area contributed by atoms with Gasteiger partial charge in [-0.1, -0.05) is 26.0 Å². The lowest BCUT2D eigenvalue weighted by Gasteiger charge is -2.14. The normalized spacial score (nSPS) is 11.8. The van der Waals surface area contributed by atoms with E-state index in [9.17, 15) is 0 Å². The van der Waals surface area contributed by atoms with Gasteiger partial charge < -0.3 is 15.4 Å². The van der Waals surface area contributed by atoms with Gasteiger partial charge in [0, 0.05) is 20.1 Å². The second kappa shape index (κ2) is 8.46. The fraction of sp³-hybridized carbons (Fsp3) is 0.562. The molecule has 2 N–H and O–H groups in total. The predicted molar refractivity (Wildman–Crippen MR) is 85.2 cm³/mol. The maximum Gasteiger partial charge on any atom is 0.191 e. The molecule has 0 amide bonds. The largest absolute Gasteiger partial charge is 0.491 e. The quantitative estimate of drug-likeness (QED) is 0.621. The fourth-order valence-corrected chi connectivity index (χ4v) is 1.71. The van der Waals surface area contributed by atoms with E-state index < -0.39 is 0 Å². The summed E-state index contributed by atoms with van der Waals surface area (Å²) in [5.74, 6) is 2.33. The molecule has 1 aromatic carbocycles. The Hall–Kier alpha value is -1.71. The van der Waals surface area contributed by atoms with E-state index in [-0.39, 0.29) is 6.10 Å². The molecular weight excluding hydrogens is 250 g/mol. The summed E-state index contributed by atoms with van der Waals surface area (Å²) in [4.78, 5) is 4.21. The standard InChI is InChI=1S/C16H27N3O/c1-12(2)10-18-16(17-5)19-11-14-7-6-8-15(9-14)20-13(3)4/h6-9,12-13H,10-11H2,1-5H3,(H2,17,18,19). The van der Waals surface area contributed by atoms with Crippen LogP contribution in [0.15, 0.2) is 29.3 Å². The van der Waals surface area contributed by atoms with Crippen LogP contribution in [0.1, 0.15) is 33.3 Å². The van der Waals surface area contributed by atoms with Crippen LogP contribution in [0.5, 0.6) is 5.75 Å². The van der Waals surface area contributed by atoms with Crippen molar-refractivity contribution in [3.05, 3.63) is 29.8 Å². The van der Waals surface area contributed by atoms with E-state index in [1.165, 1.54) is 5.56 Å². The van der Waals surface area contributed by atoms with Crippen molar-refractivity contribution in [3.63, 3.8) is 0 Å². The number of hydrogen-bond donors (Lipinski definition) is 2. The number of nitrogens with one attached hydrogen (secondary N) is 2. The average Bonchev–Trinajstić information content (AvgIpc) is 2.38. The number of nitrogens with zero attached hydrogens (tertiary/aromatic N) is 1. The molecule has 4 heteroatoms. The first-order valence-corrected chi connectivity index (χ1v) is 7.21. The van der Waals surface area contributed by atoms with Crippen molar-refractivity contribution in [2.45, 2.75) is 40.3 Å². The summed E-state index contributed by atoms with van der Waals surface area (Å²) in [6.45, 7) is 10.1. The molecule has 20 heavy (non-hydrogen) atoms. The van der Waals surface area contributed by atoms with Gasteiger partial charge in [-0.3, -0.25) is 4.99 Å². The van der Waals surface area contributed by atoms with Crippen LogP contribution in [0.25, 0.3) is 0 Å². The Labute approximate surface area is 122 Å². The summed E-state index contributed by atoms with van der Waals surface area (Å²) in [7, 11) is 1.79. The van der Waals surface area contributed by atoms with Gasteiger partial charge in [0.15, 0.2) is 5.96 Å². The van der Waals surface area contributed by atoms with Crippen molar-refractivity contribution < 1.29 is 4.74 Å². The summed E-state index contributed by atoms with van der Waals surface area (Å²) in [6.07, 6.45) is 0.193. The van der Waals surface area contributed by atoms with E-state index >= 15 is 0 Å². The molecule has 112 valence electrons. The Morgan fingerprint density at radius 2 is 1.95 bits per heavy atom. The van der Waals surface area contributed by atoms with Crippen LogP contribution in [-0.2, 0) is 6.54 Å². The van der Waals surface area contributed by atoms with E-state index in [4.69, 9.17) is 4.74 Å². The molecule has 1 aromatic rings. The lowest BCUT2D eigenvalue weighted by Crippen LogP contribution is -2.38. The Balaban J connectivity index is 2.51. The smallest absolute Gasteiger partial charge is 0.191 e. The van der Waals surface area contributed by atoms with Crippen molar-refractivity contribution in [2.75, 3.05) is 13.6 Å². The summed E-state index contributed by atoms with van der Waals surface area (Å²) in [5.41, 5.74) is 1.18. The zero-order valence-electron chi connectivity index (χ0n) is 13.2. The van der Waals surface area contributed by atoms with Crippen molar-refractivity contribution in [1.82, 2.24) is 10.6 Å². The Morgan fingerprint density at radius 1 is 1.20 bits per heavy atom. The molecule has 0 aliphatic carbocycles. The molecule has 0 aromatic heterocycles. The zero-order chi connectivity index (χ0) is 15.0. The van der Waals surface area contributed by atoms with Crippen LogP contribution in [0, 0.1) is 5.92 Å². The number of hydrogen-bond acceptors (Lipinski definition) is 2. The number of benzene rings is 1. The van der Waals surface area contributed by atoms with Gasteiger partial charge in [0.25, 0.3) is 0 Å². The molecule has 0 radical (unpaired) electrons. The Morgan fingerprint density at radius 3 is 2.55 bits per heavy atom. The average molecular weight is 277 g/mol. The zero-order valence-corrected chi connectivity index (χ0v) is 13.2. The highest BCUT2D eigenvalue weighted by atomic mass is 16.5. The van der Waals surface area contributed by atoms with Crippen LogP contribution < -0.4 is 15.4 Å². The van der Waals surface area contributed by atoms with Crippen molar-refractivity contribution in [3.8, 4) is 5.75 Å². The number of ether oxygens (including phenoxy) is 1. The molecular formula is C16H27N3O. The van der Waals surface area contributed by atoms with Gasteiger partial charge in [-0.25, -0.2) is 0 Å². The predicted octanol–water partition coefficient (Wildman–Crippen LogP) is 2.79. The molecule has 0 heterocycles. The second-order valence-electron chi connectivity index (χ2n) is 5.51. The summed E-state index contributed by atoms with van der Waals surface area (Å²) in [6, 6.07) is 8.13. The van der Waals surface area contributed by atoms with Gasteiger partial charge in [-0.15, -0.1) is 0 Å². The Kier molecular flexibility index (Phi) is 6.91. The molecule has 0 spiro atoms. The molecule has 0 saturated carbocycles. The fourth-order valence-electron chi connectivity index (χ4n) is 1.71. The van der Waals surface area contributed by atoms with Crippen LogP contribution in [0.4, 0.5) is 0 Å². The summed E-state index contributed by atoms with van der Waals surface area (Å²) >= 11 is 0. The topological polar surface area (TPSA) is 45.7 Å². The molecule has 0 aliphatic heterocycles. The molecule has 0 unspecified atom stereocenters. The summed E-state index contributed by atoms with van der Waals surface area (Å²) < 4.78 is 5.69. The van der Waals surface area contributed by atoms with E-state index in [2.05, 4.69) is 41.6 Å². The van der Waals surface area contributed by atoms with Gasteiger partial charge >= 0.3 is 0 Å². The monoisotopic (exact) mass is 277 g/mol. The van der Waals surface area contributed by atoms with Gasteiger partial charge in [0.2, 0.25) is 0 Å². The van der Waals surface area contributed by atoms with Crippen molar-refractivity contribution in [2.24, 2.45) is 10.9 Å². The minimum absolute atomic E-state index is 0.193. The molecule has 0 saturated heterocycles. The first-order chi connectivity index (χ1) is 9.51. The molecule has 0 atom stereocenters. The van der Waals surface area contributed by atoms with Gasteiger partial charge in [-0.2, -0.15) is 0 Å². The van der Waals surface area contributed by atoms with Crippen LogP contribution in [0.3, 0.4) is 0 Å². The lowest BCUT2D eigenvalue weighted by atomic mass is 10.2. The van der Waals surface area contributed by atoms with E-state index in [0.717, 1.165) is 24.8 Å². The van der Waals surface area contributed by atoms with E-state index in [1.54, 1.807) is 7.05 Å². The lowest BCUT2D eigenvalue weighted by molar-refractivity contribution is 0.242. The third-order valence-corrected chi connectivity index (χ3v) is 2.63. The highest BCUT2D eigenvalue weighted by molar-refractivity contribution is 5.79. The maximum atomic E-state index is 5.69. The van der Waals surface area contributed by atoms with Crippen LogP contribution in [0.2, 0.25) is 0 Å². The summed E-state index contributed by atoms with van der Waals surface area (Å²) in [5, 5.41) is 6.60. The highest BCUT2D eigenvalue weighted by Crippen LogP contribution is 2.14. The SMILES string of the molecule is CN=C(NCc1cccc(OC(C)C)c1)NCC(C)C. The first-order valence-electron chi connectivity index (χ1n) is 7.21. The first kappa shape index (κ1) is 16.3. The molecule has 0 fully saturated rings. The third kappa shape index (κ3) is 6.45. The third-order valence-electron chi connectivity index (χ3n) is 2.63. The molecule has 0 aliphatic rings. The molecule has 4 nitrogen and oxygen atoms in total. The van der Waals surface area contributed by atoms with Gasteiger partial charge in [0.1, 0.15) is 5.75 Å². The van der Waals surface area contributed by atoms with Crippen molar-refractivity contribution >= 4 is 5.96 Å². The minimum Gasteiger partial charge on any atom is -0.491 e.